The summed E-state index contributed by atoms with van der Waals surface area (Å²) < 4.78 is 10.8. The Labute approximate surface area is 125 Å². The Morgan fingerprint density at radius 1 is 1.15 bits per heavy atom. The van der Waals surface area contributed by atoms with Crippen LogP contribution in [-0.4, -0.2) is 45.8 Å². The second kappa shape index (κ2) is 9.75. The number of rotatable bonds is 10. The van der Waals surface area contributed by atoms with E-state index in [2.05, 4.69) is 4.90 Å². The standard InChI is InChI=1S/C15H22ClNO3/c1-3-19-9-7-17(8-10-20-4-2)15-6-5-14(16)11-13(15)12-18/h5-6,11-12H,3-4,7-10H2,1-2H3. The zero-order valence-electron chi connectivity index (χ0n) is 12.1. The molecule has 0 fully saturated rings. The zero-order chi connectivity index (χ0) is 14.8. The van der Waals surface area contributed by atoms with Gasteiger partial charge in [0.25, 0.3) is 0 Å². The minimum Gasteiger partial charge on any atom is -0.380 e. The van der Waals surface area contributed by atoms with E-state index in [1.807, 2.05) is 19.9 Å². The lowest BCUT2D eigenvalue weighted by atomic mass is 10.1. The smallest absolute Gasteiger partial charge is 0.152 e. The van der Waals surface area contributed by atoms with Crippen molar-refractivity contribution >= 4 is 23.6 Å². The number of aldehydes is 1. The minimum atomic E-state index is 0.561. The maximum Gasteiger partial charge on any atom is 0.152 e. The lowest BCUT2D eigenvalue weighted by Crippen LogP contribution is -2.31. The maximum atomic E-state index is 11.2. The molecular weight excluding hydrogens is 278 g/mol. The SMILES string of the molecule is CCOCCN(CCOCC)c1ccc(Cl)cc1C=O. The first kappa shape index (κ1) is 17.0. The fourth-order valence-electron chi connectivity index (χ4n) is 1.90. The first-order valence-electron chi connectivity index (χ1n) is 6.88. The quantitative estimate of drug-likeness (QED) is 0.492. The van der Waals surface area contributed by atoms with Gasteiger partial charge in [0, 0.05) is 42.6 Å². The summed E-state index contributed by atoms with van der Waals surface area (Å²) in [6, 6.07) is 5.33. The largest absolute Gasteiger partial charge is 0.380 e. The maximum absolute atomic E-state index is 11.2. The average molecular weight is 300 g/mol. The third-order valence-corrected chi connectivity index (χ3v) is 3.11. The van der Waals surface area contributed by atoms with Gasteiger partial charge in [-0.25, -0.2) is 0 Å². The van der Waals surface area contributed by atoms with Crippen LogP contribution < -0.4 is 4.90 Å². The summed E-state index contributed by atoms with van der Waals surface area (Å²) in [4.78, 5) is 13.3. The fraction of sp³-hybridized carbons (Fsp3) is 0.533. The molecule has 0 radical (unpaired) electrons. The number of nitrogens with zero attached hydrogens (tertiary/aromatic N) is 1. The Balaban J connectivity index is 2.81. The second-order valence-electron chi connectivity index (χ2n) is 4.20. The van der Waals surface area contributed by atoms with Gasteiger partial charge in [0.15, 0.2) is 6.29 Å². The number of carbonyl (C=O) groups is 1. The van der Waals surface area contributed by atoms with Crippen molar-refractivity contribution in [1.29, 1.82) is 0 Å². The molecule has 1 rings (SSSR count). The van der Waals surface area contributed by atoms with Gasteiger partial charge >= 0.3 is 0 Å². The summed E-state index contributed by atoms with van der Waals surface area (Å²) in [6.45, 7) is 7.94. The molecule has 112 valence electrons. The van der Waals surface area contributed by atoms with Gasteiger partial charge in [0.2, 0.25) is 0 Å². The van der Waals surface area contributed by atoms with Gasteiger partial charge in [0.05, 0.1) is 13.2 Å². The molecule has 0 spiro atoms. The van der Waals surface area contributed by atoms with Gasteiger partial charge in [-0.1, -0.05) is 11.6 Å². The Morgan fingerprint density at radius 2 is 1.75 bits per heavy atom. The molecule has 0 N–H and O–H groups in total. The average Bonchev–Trinajstić information content (AvgIpc) is 2.46. The van der Waals surface area contributed by atoms with E-state index < -0.39 is 0 Å². The molecule has 0 aliphatic rings. The van der Waals surface area contributed by atoms with Gasteiger partial charge in [-0.2, -0.15) is 0 Å². The fourth-order valence-corrected chi connectivity index (χ4v) is 2.08. The van der Waals surface area contributed by atoms with E-state index in [-0.39, 0.29) is 0 Å². The first-order chi connectivity index (χ1) is 9.72. The minimum absolute atomic E-state index is 0.561. The van der Waals surface area contributed by atoms with Gasteiger partial charge in [-0.05, 0) is 32.0 Å². The Morgan fingerprint density at radius 3 is 2.25 bits per heavy atom. The molecule has 1 aromatic carbocycles. The third-order valence-electron chi connectivity index (χ3n) is 2.88. The number of ether oxygens (including phenoxy) is 2. The van der Waals surface area contributed by atoms with E-state index in [0.29, 0.717) is 50.1 Å². The van der Waals surface area contributed by atoms with E-state index in [1.165, 1.54) is 0 Å². The molecule has 20 heavy (non-hydrogen) atoms. The normalized spacial score (nSPS) is 10.6. The number of hydrogen-bond acceptors (Lipinski definition) is 4. The van der Waals surface area contributed by atoms with Crippen molar-refractivity contribution in [2.45, 2.75) is 13.8 Å². The molecular formula is C15H22ClNO3. The van der Waals surface area contributed by atoms with Crippen molar-refractivity contribution in [2.24, 2.45) is 0 Å². The third kappa shape index (κ3) is 5.49. The predicted molar refractivity (Wildman–Crippen MR) is 82.0 cm³/mol. The summed E-state index contributed by atoms with van der Waals surface area (Å²) in [7, 11) is 0. The molecule has 4 nitrogen and oxygen atoms in total. The summed E-state index contributed by atoms with van der Waals surface area (Å²) in [6.07, 6.45) is 0.829. The van der Waals surface area contributed by atoms with E-state index in [1.54, 1.807) is 12.1 Å². The van der Waals surface area contributed by atoms with Crippen LogP contribution in [0.2, 0.25) is 5.02 Å². The van der Waals surface area contributed by atoms with E-state index in [9.17, 15) is 4.79 Å². The first-order valence-corrected chi connectivity index (χ1v) is 7.25. The van der Waals surface area contributed by atoms with Crippen molar-refractivity contribution in [3.05, 3.63) is 28.8 Å². The van der Waals surface area contributed by atoms with Crippen molar-refractivity contribution in [1.82, 2.24) is 0 Å². The summed E-state index contributed by atoms with van der Waals surface area (Å²) >= 11 is 5.93. The molecule has 0 bridgehead atoms. The molecule has 0 aromatic heterocycles. The van der Waals surface area contributed by atoms with Crippen molar-refractivity contribution in [2.75, 3.05) is 44.4 Å². The molecule has 0 saturated carbocycles. The van der Waals surface area contributed by atoms with Crippen LogP contribution in [0.3, 0.4) is 0 Å². The zero-order valence-corrected chi connectivity index (χ0v) is 12.9. The molecule has 5 heteroatoms. The summed E-state index contributed by atoms with van der Waals surface area (Å²) in [5, 5.41) is 0.561. The lowest BCUT2D eigenvalue weighted by molar-refractivity contribution is 0.112. The molecule has 0 aliphatic carbocycles. The highest BCUT2D eigenvalue weighted by atomic mass is 35.5. The molecule has 0 atom stereocenters. The Bertz CT molecular complexity index is 402. The molecule has 0 unspecified atom stereocenters. The van der Waals surface area contributed by atoms with Crippen LogP contribution in [-0.2, 0) is 9.47 Å². The van der Waals surface area contributed by atoms with Crippen LogP contribution in [0.25, 0.3) is 0 Å². The number of halogens is 1. The van der Waals surface area contributed by atoms with E-state index >= 15 is 0 Å². The van der Waals surface area contributed by atoms with Gasteiger partial charge in [-0.3, -0.25) is 4.79 Å². The monoisotopic (exact) mass is 299 g/mol. The van der Waals surface area contributed by atoms with Gasteiger partial charge < -0.3 is 14.4 Å². The second-order valence-corrected chi connectivity index (χ2v) is 4.64. The highest BCUT2D eigenvalue weighted by molar-refractivity contribution is 6.31. The number of hydrogen-bond donors (Lipinski definition) is 0. The molecule has 1 aromatic rings. The number of benzene rings is 1. The van der Waals surface area contributed by atoms with Crippen LogP contribution in [0.4, 0.5) is 5.69 Å². The van der Waals surface area contributed by atoms with Crippen molar-refractivity contribution < 1.29 is 14.3 Å². The topological polar surface area (TPSA) is 38.8 Å². The predicted octanol–water partition coefficient (Wildman–Crippen LogP) is 3.03. The summed E-state index contributed by atoms with van der Waals surface area (Å²) in [5.74, 6) is 0. The van der Waals surface area contributed by atoms with Gasteiger partial charge in [0.1, 0.15) is 0 Å². The van der Waals surface area contributed by atoms with Crippen LogP contribution in [0.1, 0.15) is 24.2 Å². The highest BCUT2D eigenvalue weighted by Gasteiger charge is 2.11. The molecule has 0 heterocycles. The number of anilines is 1. The van der Waals surface area contributed by atoms with Crippen LogP contribution in [0, 0.1) is 0 Å². The van der Waals surface area contributed by atoms with E-state index in [4.69, 9.17) is 21.1 Å². The van der Waals surface area contributed by atoms with Gasteiger partial charge in [-0.15, -0.1) is 0 Å². The highest BCUT2D eigenvalue weighted by Crippen LogP contribution is 2.23. The van der Waals surface area contributed by atoms with Crippen LogP contribution in [0.15, 0.2) is 18.2 Å². The lowest BCUT2D eigenvalue weighted by Gasteiger charge is -2.26. The van der Waals surface area contributed by atoms with Crippen LogP contribution in [0.5, 0.6) is 0 Å². The van der Waals surface area contributed by atoms with Crippen LogP contribution >= 0.6 is 11.6 Å². The molecule has 0 aliphatic heterocycles. The number of carbonyl (C=O) groups excluding carboxylic acids is 1. The molecule has 0 saturated heterocycles. The summed E-state index contributed by atoms with van der Waals surface area (Å²) in [5.41, 5.74) is 1.45. The molecule has 0 amide bonds. The van der Waals surface area contributed by atoms with E-state index in [0.717, 1.165) is 12.0 Å². The van der Waals surface area contributed by atoms with Crippen molar-refractivity contribution in [3.63, 3.8) is 0 Å². The Hall–Kier alpha value is -1.10. The Kier molecular flexibility index (Phi) is 8.26. The van der Waals surface area contributed by atoms with Crippen molar-refractivity contribution in [3.8, 4) is 0 Å².